The van der Waals surface area contributed by atoms with Crippen molar-refractivity contribution in [3.05, 3.63) is 29.8 Å². The van der Waals surface area contributed by atoms with E-state index in [-0.39, 0.29) is 18.0 Å². The molecular formula is C14H19NO4S. The van der Waals surface area contributed by atoms with Gasteiger partial charge in [-0.15, -0.1) is 0 Å². The standard InChI is InChI=1S/C14H19NO4S/c1-14(2,3)19-12(16)7-8-15-20-11-6-4-5-10(9-11)13(17)18/h4-6,9,15H,7-8H2,1-3H3,(H,17,18). The number of carbonyl (C=O) groups is 2. The van der Waals surface area contributed by atoms with Crippen LogP contribution >= 0.6 is 11.9 Å². The van der Waals surface area contributed by atoms with Crippen LogP contribution in [0.25, 0.3) is 0 Å². The lowest BCUT2D eigenvalue weighted by molar-refractivity contribution is -0.154. The van der Waals surface area contributed by atoms with Gasteiger partial charge in [0.05, 0.1) is 12.0 Å². The number of ether oxygens (including phenoxy) is 1. The number of rotatable bonds is 6. The summed E-state index contributed by atoms with van der Waals surface area (Å²) in [6, 6.07) is 6.60. The smallest absolute Gasteiger partial charge is 0.335 e. The van der Waals surface area contributed by atoms with Crippen LogP contribution in [0.4, 0.5) is 0 Å². The van der Waals surface area contributed by atoms with Crippen LogP contribution in [-0.2, 0) is 9.53 Å². The van der Waals surface area contributed by atoms with Gasteiger partial charge >= 0.3 is 11.9 Å². The maximum Gasteiger partial charge on any atom is 0.335 e. The van der Waals surface area contributed by atoms with Crippen molar-refractivity contribution in [3.8, 4) is 0 Å². The first-order valence-electron chi connectivity index (χ1n) is 6.23. The number of carbonyl (C=O) groups excluding carboxylic acids is 1. The zero-order valence-electron chi connectivity index (χ0n) is 11.8. The van der Waals surface area contributed by atoms with Gasteiger partial charge in [0.1, 0.15) is 5.60 Å². The number of nitrogens with one attached hydrogen (secondary N) is 1. The second-order valence-electron chi connectivity index (χ2n) is 5.17. The number of carboxylic acid groups (broad SMARTS) is 1. The van der Waals surface area contributed by atoms with Gasteiger partial charge in [-0.25, -0.2) is 4.79 Å². The Balaban J connectivity index is 2.33. The zero-order chi connectivity index (χ0) is 15.2. The lowest BCUT2D eigenvalue weighted by Crippen LogP contribution is -2.25. The third kappa shape index (κ3) is 6.58. The number of carboxylic acids is 1. The van der Waals surface area contributed by atoms with Crippen LogP contribution in [0.1, 0.15) is 37.6 Å². The second-order valence-corrected chi connectivity index (χ2v) is 6.13. The Morgan fingerprint density at radius 1 is 1.35 bits per heavy atom. The van der Waals surface area contributed by atoms with Crippen molar-refractivity contribution < 1.29 is 19.4 Å². The molecular weight excluding hydrogens is 278 g/mol. The molecule has 1 aromatic carbocycles. The molecule has 6 heteroatoms. The molecule has 0 unspecified atom stereocenters. The van der Waals surface area contributed by atoms with Crippen LogP contribution in [0.2, 0.25) is 0 Å². The van der Waals surface area contributed by atoms with Gasteiger partial charge in [0.2, 0.25) is 0 Å². The Bertz CT molecular complexity index is 482. The molecule has 5 nitrogen and oxygen atoms in total. The molecule has 0 radical (unpaired) electrons. The second kappa shape index (κ2) is 7.31. The molecule has 0 aromatic heterocycles. The summed E-state index contributed by atoms with van der Waals surface area (Å²) in [5.74, 6) is -1.22. The monoisotopic (exact) mass is 297 g/mol. The summed E-state index contributed by atoms with van der Waals surface area (Å²) in [6.07, 6.45) is 0.267. The van der Waals surface area contributed by atoms with Gasteiger partial charge < -0.3 is 9.84 Å². The molecule has 0 saturated carbocycles. The summed E-state index contributed by atoms with van der Waals surface area (Å²) in [7, 11) is 0. The van der Waals surface area contributed by atoms with Crippen LogP contribution in [0.15, 0.2) is 29.2 Å². The van der Waals surface area contributed by atoms with Crippen molar-refractivity contribution >= 4 is 23.9 Å². The molecule has 0 aliphatic carbocycles. The number of benzene rings is 1. The minimum atomic E-state index is -0.957. The molecule has 20 heavy (non-hydrogen) atoms. The average molecular weight is 297 g/mol. The van der Waals surface area contributed by atoms with E-state index in [0.29, 0.717) is 6.54 Å². The van der Waals surface area contributed by atoms with Crippen molar-refractivity contribution in [1.29, 1.82) is 0 Å². The van der Waals surface area contributed by atoms with Gasteiger partial charge in [-0.1, -0.05) is 6.07 Å². The highest BCUT2D eigenvalue weighted by Crippen LogP contribution is 2.16. The SMILES string of the molecule is CC(C)(C)OC(=O)CCNSc1cccc(C(=O)O)c1. The molecule has 0 heterocycles. The Kier molecular flexibility index (Phi) is 6.04. The van der Waals surface area contributed by atoms with Crippen molar-refractivity contribution in [3.63, 3.8) is 0 Å². The Morgan fingerprint density at radius 3 is 2.65 bits per heavy atom. The zero-order valence-corrected chi connectivity index (χ0v) is 12.6. The van der Waals surface area contributed by atoms with E-state index in [1.54, 1.807) is 18.2 Å². The van der Waals surface area contributed by atoms with Crippen LogP contribution in [0.3, 0.4) is 0 Å². The van der Waals surface area contributed by atoms with E-state index >= 15 is 0 Å². The fourth-order valence-corrected chi connectivity index (χ4v) is 2.08. The number of aromatic carboxylic acids is 1. The van der Waals surface area contributed by atoms with Crippen LogP contribution < -0.4 is 4.72 Å². The maximum absolute atomic E-state index is 11.5. The topological polar surface area (TPSA) is 75.6 Å². The van der Waals surface area contributed by atoms with Gasteiger partial charge in [-0.05, 0) is 50.9 Å². The first-order valence-corrected chi connectivity index (χ1v) is 7.04. The summed E-state index contributed by atoms with van der Waals surface area (Å²) >= 11 is 1.29. The van der Waals surface area contributed by atoms with Crippen molar-refractivity contribution in [2.75, 3.05) is 6.54 Å². The molecule has 2 N–H and O–H groups in total. The Hall–Kier alpha value is -1.53. The molecule has 0 saturated heterocycles. The van der Waals surface area contributed by atoms with E-state index in [0.717, 1.165) is 4.90 Å². The quantitative estimate of drug-likeness (QED) is 0.478. The molecule has 1 aromatic rings. The Morgan fingerprint density at radius 2 is 2.05 bits per heavy atom. The predicted octanol–water partition coefficient (Wildman–Crippen LogP) is 2.71. The fourth-order valence-electron chi connectivity index (χ4n) is 1.37. The van der Waals surface area contributed by atoms with Crippen LogP contribution in [0, 0.1) is 0 Å². The third-order valence-corrected chi connectivity index (χ3v) is 2.96. The van der Waals surface area contributed by atoms with Gasteiger partial charge in [-0.2, -0.15) is 0 Å². The maximum atomic E-state index is 11.5. The summed E-state index contributed by atoms with van der Waals surface area (Å²) in [5.41, 5.74) is -0.232. The first-order chi connectivity index (χ1) is 9.28. The number of hydrogen-bond donors (Lipinski definition) is 2. The van der Waals surface area contributed by atoms with E-state index in [4.69, 9.17) is 9.84 Å². The highest BCUT2D eigenvalue weighted by molar-refractivity contribution is 7.97. The van der Waals surface area contributed by atoms with E-state index < -0.39 is 11.6 Å². The highest BCUT2D eigenvalue weighted by Gasteiger charge is 2.15. The summed E-state index contributed by atoms with van der Waals surface area (Å²) in [4.78, 5) is 23.1. The van der Waals surface area contributed by atoms with Gasteiger partial charge in [0.25, 0.3) is 0 Å². The normalized spacial score (nSPS) is 11.2. The molecule has 110 valence electrons. The summed E-state index contributed by atoms with van der Waals surface area (Å²) in [6.45, 7) is 5.93. The van der Waals surface area contributed by atoms with Crippen molar-refractivity contribution in [2.45, 2.75) is 37.7 Å². The summed E-state index contributed by atoms with van der Waals surface area (Å²) < 4.78 is 8.18. The molecule has 1 rings (SSSR count). The molecule has 0 spiro atoms. The lowest BCUT2D eigenvalue weighted by atomic mass is 10.2. The van der Waals surface area contributed by atoms with E-state index in [1.165, 1.54) is 18.0 Å². The van der Waals surface area contributed by atoms with Crippen molar-refractivity contribution in [1.82, 2.24) is 4.72 Å². The van der Waals surface area contributed by atoms with Crippen LogP contribution in [0.5, 0.6) is 0 Å². The molecule has 0 aliphatic rings. The summed E-state index contributed by atoms with van der Waals surface area (Å²) in [5, 5.41) is 8.87. The average Bonchev–Trinajstić information content (AvgIpc) is 2.33. The van der Waals surface area contributed by atoms with E-state index in [9.17, 15) is 9.59 Å². The molecule has 0 fully saturated rings. The van der Waals surface area contributed by atoms with Gasteiger partial charge in [0.15, 0.2) is 0 Å². The molecule has 0 atom stereocenters. The van der Waals surface area contributed by atoms with Gasteiger partial charge in [0, 0.05) is 11.4 Å². The van der Waals surface area contributed by atoms with E-state index in [2.05, 4.69) is 4.72 Å². The van der Waals surface area contributed by atoms with Gasteiger partial charge in [-0.3, -0.25) is 9.52 Å². The molecule has 0 bridgehead atoms. The molecule has 0 aliphatic heterocycles. The predicted molar refractivity (Wildman–Crippen MR) is 77.7 cm³/mol. The fraction of sp³-hybridized carbons (Fsp3) is 0.429. The molecule has 0 amide bonds. The van der Waals surface area contributed by atoms with Crippen LogP contribution in [-0.4, -0.2) is 29.2 Å². The Labute approximate surface area is 122 Å². The van der Waals surface area contributed by atoms with Crippen molar-refractivity contribution in [2.24, 2.45) is 0 Å². The minimum absolute atomic E-state index is 0.240. The minimum Gasteiger partial charge on any atom is -0.478 e. The highest BCUT2D eigenvalue weighted by atomic mass is 32.2. The lowest BCUT2D eigenvalue weighted by Gasteiger charge is -2.19. The number of esters is 1. The first kappa shape index (κ1) is 16.5. The largest absolute Gasteiger partial charge is 0.478 e. The third-order valence-electron chi connectivity index (χ3n) is 2.12. The van der Waals surface area contributed by atoms with E-state index in [1.807, 2.05) is 20.8 Å². The number of hydrogen-bond acceptors (Lipinski definition) is 5.